The van der Waals surface area contributed by atoms with Crippen molar-refractivity contribution in [3.63, 3.8) is 0 Å². The molecule has 1 amide bonds. The number of benzene rings is 1. The van der Waals surface area contributed by atoms with Crippen LogP contribution in [0, 0.1) is 0 Å². The first-order chi connectivity index (χ1) is 8.81. The molecule has 98 valence electrons. The molecule has 0 radical (unpaired) electrons. The van der Waals surface area contributed by atoms with E-state index in [-0.39, 0.29) is 11.9 Å². The van der Waals surface area contributed by atoms with E-state index in [0.29, 0.717) is 6.61 Å². The number of para-hydroxylation sites is 2. The fraction of sp³-hybridized carbons (Fsp3) is 0.500. The summed E-state index contributed by atoms with van der Waals surface area (Å²) >= 11 is 0. The van der Waals surface area contributed by atoms with Crippen molar-refractivity contribution in [3.8, 4) is 5.75 Å². The van der Waals surface area contributed by atoms with E-state index in [1.165, 1.54) is 0 Å². The van der Waals surface area contributed by atoms with Gasteiger partial charge in [0.1, 0.15) is 5.75 Å². The van der Waals surface area contributed by atoms with Crippen LogP contribution in [0.4, 0.5) is 5.69 Å². The number of anilines is 1. The van der Waals surface area contributed by atoms with Crippen LogP contribution < -0.4 is 15.4 Å². The molecule has 2 rings (SSSR count). The van der Waals surface area contributed by atoms with Crippen molar-refractivity contribution in [2.24, 2.45) is 0 Å². The van der Waals surface area contributed by atoms with Gasteiger partial charge in [0.25, 0.3) is 0 Å². The van der Waals surface area contributed by atoms with E-state index in [9.17, 15) is 4.79 Å². The van der Waals surface area contributed by atoms with Crippen molar-refractivity contribution in [2.75, 3.05) is 18.5 Å². The summed E-state index contributed by atoms with van der Waals surface area (Å²) in [7, 11) is 0. The molecule has 0 aromatic heterocycles. The highest BCUT2D eigenvalue weighted by molar-refractivity contribution is 5.96. The maximum atomic E-state index is 12.1. The summed E-state index contributed by atoms with van der Waals surface area (Å²) in [5, 5.41) is 6.18. The fourth-order valence-corrected chi connectivity index (χ4v) is 2.15. The summed E-state index contributed by atoms with van der Waals surface area (Å²) < 4.78 is 5.49. The molecule has 1 aliphatic rings. The van der Waals surface area contributed by atoms with Crippen molar-refractivity contribution in [1.29, 1.82) is 0 Å². The molecule has 18 heavy (non-hydrogen) atoms. The van der Waals surface area contributed by atoms with E-state index < -0.39 is 0 Å². The number of piperidine rings is 1. The van der Waals surface area contributed by atoms with Crippen molar-refractivity contribution < 1.29 is 9.53 Å². The lowest BCUT2D eigenvalue weighted by molar-refractivity contribution is -0.118. The standard InChI is InChI=1S/C14H20N2O2/c1-2-18-13-9-4-3-7-11(13)16-14(17)12-8-5-6-10-15-12/h3-4,7,9,12,15H,2,5-6,8,10H2,1H3,(H,16,17)/t12-/m0/s1. The molecule has 1 saturated heterocycles. The van der Waals surface area contributed by atoms with Crippen LogP contribution in [-0.2, 0) is 4.79 Å². The van der Waals surface area contributed by atoms with Crippen LogP contribution in [0.5, 0.6) is 5.75 Å². The molecule has 1 aromatic carbocycles. The van der Waals surface area contributed by atoms with Crippen LogP contribution in [0.1, 0.15) is 26.2 Å². The van der Waals surface area contributed by atoms with Gasteiger partial charge >= 0.3 is 0 Å². The Morgan fingerprint density at radius 3 is 3.00 bits per heavy atom. The summed E-state index contributed by atoms with van der Waals surface area (Å²) in [6.07, 6.45) is 3.17. The summed E-state index contributed by atoms with van der Waals surface area (Å²) in [6.45, 7) is 3.45. The van der Waals surface area contributed by atoms with Crippen molar-refractivity contribution in [1.82, 2.24) is 5.32 Å². The lowest BCUT2D eigenvalue weighted by atomic mass is 10.0. The summed E-state index contributed by atoms with van der Waals surface area (Å²) in [5.74, 6) is 0.756. The molecule has 4 nitrogen and oxygen atoms in total. The lowest BCUT2D eigenvalue weighted by Crippen LogP contribution is -2.43. The second-order valence-electron chi connectivity index (χ2n) is 4.42. The fourth-order valence-electron chi connectivity index (χ4n) is 2.15. The van der Waals surface area contributed by atoms with Crippen LogP contribution in [0.25, 0.3) is 0 Å². The van der Waals surface area contributed by atoms with Gasteiger partial charge in [-0.15, -0.1) is 0 Å². The molecule has 4 heteroatoms. The molecule has 0 spiro atoms. The first-order valence-electron chi connectivity index (χ1n) is 6.57. The number of amides is 1. The Hall–Kier alpha value is -1.55. The van der Waals surface area contributed by atoms with Gasteiger partial charge in [-0.1, -0.05) is 18.6 Å². The number of carbonyl (C=O) groups is 1. The minimum absolute atomic E-state index is 0.0295. The van der Waals surface area contributed by atoms with Crippen molar-refractivity contribution in [2.45, 2.75) is 32.2 Å². The third-order valence-electron chi connectivity index (χ3n) is 3.07. The van der Waals surface area contributed by atoms with E-state index in [2.05, 4.69) is 10.6 Å². The van der Waals surface area contributed by atoms with Crippen LogP contribution in [0.15, 0.2) is 24.3 Å². The zero-order chi connectivity index (χ0) is 12.8. The van der Waals surface area contributed by atoms with Crippen molar-refractivity contribution >= 4 is 11.6 Å². The average molecular weight is 248 g/mol. The lowest BCUT2D eigenvalue weighted by Gasteiger charge is -2.23. The van der Waals surface area contributed by atoms with Crippen LogP contribution >= 0.6 is 0 Å². The first kappa shape index (κ1) is 12.9. The normalized spacial score (nSPS) is 19.3. The van der Waals surface area contributed by atoms with E-state index in [1.807, 2.05) is 31.2 Å². The second kappa shape index (κ2) is 6.40. The average Bonchev–Trinajstić information content (AvgIpc) is 2.42. The minimum atomic E-state index is -0.0755. The number of hydrogen-bond donors (Lipinski definition) is 2. The Morgan fingerprint density at radius 1 is 1.44 bits per heavy atom. The molecule has 1 heterocycles. The quantitative estimate of drug-likeness (QED) is 0.858. The largest absolute Gasteiger partial charge is 0.492 e. The van der Waals surface area contributed by atoms with Gasteiger partial charge in [0.05, 0.1) is 18.3 Å². The monoisotopic (exact) mass is 248 g/mol. The predicted octanol–water partition coefficient (Wildman–Crippen LogP) is 2.17. The first-order valence-corrected chi connectivity index (χ1v) is 6.57. The van der Waals surface area contributed by atoms with Gasteiger partial charge in [-0.3, -0.25) is 4.79 Å². The van der Waals surface area contributed by atoms with Gasteiger partial charge in [0, 0.05) is 0 Å². The van der Waals surface area contributed by atoms with Crippen LogP contribution in [0.3, 0.4) is 0 Å². The van der Waals surface area contributed by atoms with Crippen LogP contribution in [-0.4, -0.2) is 25.1 Å². The Balaban J connectivity index is 2.01. The topological polar surface area (TPSA) is 50.4 Å². The molecule has 0 aliphatic carbocycles. The number of ether oxygens (including phenoxy) is 1. The van der Waals surface area contributed by atoms with Gasteiger partial charge < -0.3 is 15.4 Å². The molecule has 2 N–H and O–H groups in total. The Bertz CT molecular complexity index is 401. The number of hydrogen-bond acceptors (Lipinski definition) is 3. The zero-order valence-electron chi connectivity index (χ0n) is 10.7. The third kappa shape index (κ3) is 3.23. The van der Waals surface area contributed by atoms with Gasteiger partial charge in [0.2, 0.25) is 5.91 Å². The highest BCUT2D eigenvalue weighted by atomic mass is 16.5. The predicted molar refractivity (Wildman–Crippen MR) is 71.9 cm³/mol. The van der Waals surface area contributed by atoms with E-state index in [0.717, 1.165) is 37.2 Å². The minimum Gasteiger partial charge on any atom is -0.492 e. The Kier molecular flexibility index (Phi) is 4.59. The molecular weight excluding hydrogens is 228 g/mol. The smallest absolute Gasteiger partial charge is 0.241 e. The molecule has 0 bridgehead atoms. The molecular formula is C14H20N2O2. The Labute approximate surface area is 108 Å². The third-order valence-corrected chi connectivity index (χ3v) is 3.07. The SMILES string of the molecule is CCOc1ccccc1NC(=O)[C@@H]1CCCCN1. The summed E-state index contributed by atoms with van der Waals surface area (Å²) in [4.78, 5) is 12.1. The second-order valence-corrected chi connectivity index (χ2v) is 4.42. The molecule has 0 saturated carbocycles. The molecule has 0 unspecified atom stereocenters. The van der Waals surface area contributed by atoms with E-state index >= 15 is 0 Å². The maximum Gasteiger partial charge on any atom is 0.241 e. The molecule has 1 aromatic rings. The molecule has 1 fully saturated rings. The maximum absolute atomic E-state index is 12.1. The number of nitrogens with one attached hydrogen (secondary N) is 2. The van der Waals surface area contributed by atoms with Crippen molar-refractivity contribution in [3.05, 3.63) is 24.3 Å². The number of carbonyl (C=O) groups excluding carboxylic acids is 1. The van der Waals surface area contributed by atoms with Gasteiger partial charge in [-0.05, 0) is 38.4 Å². The molecule has 1 aliphatic heterocycles. The van der Waals surface area contributed by atoms with Gasteiger partial charge in [0.15, 0.2) is 0 Å². The Morgan fingerprint density at radius 2 is 2.28 bits per heavy atom. The van der Waals surface area contributed by atoms with E-state index in [1.54, 1.807) is 0 Å². The van der Waals surface area contributed by atoms with Gasteiger partial charge in [-0.2, -0.15) is 0 Å². The van der Waals surface area contributed by atoms with Gasteiger partial charge in [-0.25, -0.2) is 0 Å². The highest BCUT2D eigenvalue weighted by Crippen LogP contribution is 2.24. The van der Waals surface area contributed by atoms with Crippen LogP contribution in [0.2, 0.25) is 0 Å². The van der Waals surface area contributed by atoms with E-state index in [4.69, 9.17) is 4.74 Å². The summed E-state index contributed by atoms with van der Waals surface area (Å²) in [5.41, 5.74) is 0.747. The molecule has 1 atom stereocenters. The number of rotatable bonds is 4. The zero-order valence-corrected chi connectivity index (χ0v) is 10.7. The highest BCUT2D eigenvalue weighted by Gasteiger charge is 2.21. The summed E-state index contributed by atoms with van der Waals surface area (Å²) in [6, 6.07) is 7.46.